The summed E-state index contributed by atoms with van der Waals surface area (Å²) in [7, 11) is 1.63. The molecule has 0 saturated heterocycles. The van der Waals surface area contributed by atoms with Crippen LogP contribution in [0.25, 0.3) is 5.52 Å². The van der Waals surface area contributed by atoms with Gasteiger partial charge in [-0.2, -0.15) is 5.10 Å². The van der Waals surface area contributed by atoms with Gasteiger partial charge >= 0.3 is 0 Å². The van der Waals surface area contributed by atoms with Crippen LogP contribution in [0.4, 0.5) is 5.82 Å². The summed E-state index contributed by atoms with van der Waals surface area (Å²) in [4.78, 5) is 8.78. The molecule has 0 atom stereocenters. The fourth-order valence-electron chi connectivity index (χ4n) is 2.24. The fraction of sp³-hybridized carbons (Fsp3) is 0.353. The predicted molar refractivity (Wildman–Crippen MR) is 89.8 cm³/mol. The average Bonchev–Trinajstić information content (AvgIpc) is 2.98. The van der Waals surface area contributed by atoms with Crippen molar-refractivity contribution in [2.45, 2.75) is 32.7 Å². The van der Waals surface area contributed by atoms with E-state index in [0.717, 1.165) is 28.5 Å². The molecule has 3 rings (SSSR count). The molecule has 0 aliphatic heterocycles. The molecule has 120 valence electrons. The summed E-state index contributed by atoms with van der Waals surface area (Å²) < 4.78 is 6.98. The third kappa shape index (κ3) is 3.26. The molecule has 3 aromatic rings. The first-order chi connectivity index (χ1) is 11.0. The first-order valence-corrected chi connectivity index (χ1v) is 7.55. The van der Waals surface area contributed by atoms with Crippen molar-refractivity contribution >= 4 is 11.3 Å². The molecule has 0 spiro atoms. The second-order valence-corrected chi connectivity index (χ2v) is 6.43. The van der Waals surface area contributed by atoms with Gasteiger partial charge in [0.25, 0.3) is 0 Å². The fourth-order valence-corrected chi connectivity index (χ4v) is 2.24. The quantitative estimate of drug-likeness (QED) is 0.802. The van der Waals surface area contributed by atoms with Crippen LogP contribution >= 0.6 is 0 Å². The molecule has 0 aromatic carbocycles. The molecule has 23 heavy (non-hydrogen) atoms. The Balaban J connectivity index is 1.83. The lowest BCUT2D eigenvalue weighted by atomic mass is 9.92. The van der Waals surface area contributed by atoms with Crippen LogP contribution in [0, 0.1) is 0 Å². The van der Waals surface area contributed by atoms with E-state index in [4.69, 9.17) is 4.74 Å². The van der Waals surface area contributed by atoms with Gasteiger partial charge < -0.3 is 10.1 Å². The topological polar surface area (TPSA) is 64.3 Å². The summed E-state index contributed by atoms with van der Waals surface area (Å²) in [6.07, 6.45) is 5.32. The Morgan fingerprint density at radius 3 is 2.70 bits per heavy atom. The Morgan fingerprint density at radius 1 is 1.22 bits per heavy atom. The molecule has 0 amide bonds. The van der Waals surface area contributed by atoms with Crippen LogP contribution in [0.2, 0.25) is 0 Å². The molecule has 0 bridgehead atoms. The highest BCUT2D eigenvalue weighted by Crippen LogP contribution is 2.24. The summed E-state index contributed by atoms with van der Waals surface area (Å²) in [5, 5.41) is 7.96. The van der Waals surface area contributed by atoms with Crippen molar-refractivity contribution in [1.82, 2.24) is 19.6 Å². The molecular formula is C17H21N5O. The van der Waals surface area contributed by atoms with Gasteiger partial charge in [0.15, 0.2) is 5.82 Å². The second-order valence-electron chi connectivity index (χ2n) is 6.43. The number of anilines is 1. The number of rotatable bonds is 4. The minimum Gasteiger partial charge on any atom is -0.495 e. The smallest absolute Gasteiger partial charge is 0.152 e. The minimum absolute atomic E-state index is 0.000823. The zero-order valence-electron chi connectivity index (χ0n) is 13.9. The predicted octanol–water partition coefficient (Wildman–Crippen LogP) is 3.04. The van der Waals surface area contributed by atoms with E-state index in [9.17, 15) is 0 Å². The maximum atomic E-state index is 5.12. The Bertz CT molecular complexity index is 802. The van der Waals surface area contributed by atoms with Crippen molar-refractivity contribution in [3.05, 3.63) is 48.2 Å². The molecule has 3 heterocycles. The molecule has 0 aliphatic carbocycles. The van der Waals surface area contributed by atoms with Crippen molar-refractivity contribution in [3.8, 4) is 5.75 Å². The molecule has 6 heteroatoms. The zero-order chi connectivity index (χ0) is 16.4. The first kappa shape index (κ1) is 15.3. The number of nitrogens with zero attached hydrogens (tertiary/aromatic N) is 4. The van der Waals surface area contributed by atoms with Gasteiger partial charge in [0.2, 0.25) is 0 Å². The Morgan fingerprint density at radius 2 is 2.04 bits per heavy atom. The number of fused-ring (bicyclic) bond motifs is 1. The number of hydrogen-bond acceptors (Lipinski definition) is 5. The van der Waals surface area contributed by atoms with Gasteiger partial charge in [-0.3, -0.25) is 4.98 Å². The lowest BCUT2D eigenvalue weighted by molar-refractivity contribution is 0.412. The maximum Gasteiger partial charge on any atom is 0.152 e. The van der Waals surface area contributed by atoms with Crippen LogP contribution in [0.5, 0.6) is 5.75 Å². The van der Waals surface area contributed by atoms with Gasteiger partial charge in [-0.15, -0.1) is 0 Å². The SMILES string of the molecule is COc1ccc(CNc2nccn3nc(C(C)(C)C)cc23)nc1. The summed E-state index contributed by atoms with van der Waals surface area (Å²) >= 11 is 0. The third-order valence-electron chi connectivity index (χ3n) is 3.63. The van der Waals surface area contributed by atoms with Gasteiger partial charge in [-0.1, -0.05) is 20.8 Å². The highest BCUT2D eigenvalue weighted by molar-refractivity contribution is 5.68. The highest BCUT2D eigenvalue weighted by atomic mass is 16.5. The summed E-state index contributed by atoms with van der Waals surface area (Å²) in [6, 6.07) is 5.91. The summed E-state index contributed by atoms with van der Waals surface area (Å²) in [5.74, 6) is 1.55. The molecule has 3 aromatic heterocycles. The summed E-state index contributed by atoms with van der Waals surface area (Å²) in [6.45, 7) is 7.04. The number of methoxy groups -OCH3 is 1. The van der Waals surface area contributed by atoms with Gasteiger partial charge in [0, 0.05) is 17.8 Å². The minimum atomic E-state index is 0.000823. The van der Waals surface area contributed by atoms with Crippen molar-refractivity contribution in [3.63, 3.8) is 0 Å². The standard InChI is InChI=1S/C17H21N5O/c1-17(2,3)15-9-14-16(18-7-8-22(14)21-15)20-10-12-5-6-13(23-4)11-19-12/h5-9,11H,10H2,1-4H3,(H,18,20). The first-order valence-electron chi connectivity index (χ1n) is 7.55. The monoisotopic (exact) mass is 311 g/mol. The summed E-state index contributed by atoms with van der Waals surface area (Å²) in [5.41, 5.74) is 2.92. The molecule has 0 fully saturated rings. The Hall–Kier alpha value is -2.63. The Labute approximate surface area is 135 Å². The number of aromatic nitrogens is 4. The van der Waals surface area contributed by atoms with Crippen molar-refractivity contribution in [1.29, 1.82) is 0 Å². The van der Waals surface area contributed by atoms with Crippen LogP contribution < -0.4 is 10.1 Å². The number of pyridine rings is 1. The van der Waals surface area contributed by atoms with Gasteiger partial charge in [0.1, 0.15) is 11.3 Å². The second kappa shape index (κ2) is 5.87. The number of ether oxygens (including phenoxy) is 1. The van der Waals surface area contributed by atoms with Crippen molar-refractivity contribution in [2.75, 3.05) is 12.4 Å². The van der Waals surface area contributed by atoms with Crippen LogP contribution in [0.3, 0.4) is 0 Å². The van der Waals surface area contributed by atoms with Crippen LogP contribution in [0.15, 0.2) is 36.8 Å². The van der Waals surface area contributed by atoms with E-state index in [2.05, 4.69) is 47.2 Å². The lowest BCUT2D eigenvalue weighted by Gasteiger charge is -2.13. The van der Waals surface area contributed by atoms with E-state index in [0.29, 0.717) is 6.54 Å². The number of hydrogen-bond donors (Lipinski definition) is 1. The molecular weight excluding hydrogens is 290 g/mol. The van der Waals surface area contributed by atoms with E-state index in [-0.39, 0.29) is 5.41 Å². The van der Waals surface area contributed by atoms with E-state index in [1.165, 1.54) is 0 Å². The largest absolute Gasteiger partial charge is 0.495 e. The van der Waals surface area contributed by atoms with Crippen LogP contribution in [0.1, 0.15) is 32.2 Å². The maximum absolute atomic E-state index is 5.12. The van der Waals surface area contributed by atoms with E-state index in [1.807, 2.05) is 22.8 Å². The Kier molecular flexibility index (Phi) is 3.90. The van der Waals surface area contributed by atoms with E-state index in [1.54, 1.807) is 19.5 Å². The van der Waals surface area contributed by atoms with Crippen molar-refractivity contribution in [2.24, 2.45) is 0 Å². The normalized spacial score (nSPS) is 11.7. The lowest BCUT2D eigenvalue weighted by Crippen LogP contribution is -2.11. The molecule has 0 aliphatic rings. The molecule has 0 unspecified atom stereocenters. The van der Waals surface area contributed by atoms with Gasteiger partial charge in [0.05, 0.1) is 31.2 Å². The number of nitrogens with one attached hydrogen (secondary N) is 1. The van der Waals surface area contributed by atoms with Gasteiger partial charge in [-0.25, -0.2) is 9.50 Å². The van der Waals surface area contributed by atoms with Crippen LogP contribution in [-0.2, 0) is 12.0 Å². The zero-order valence-corrected chi connectivity index (χ0v) is 13.9. The van der Waals surface area contributed by atoms with Gasteiger partial charge in [-0.05, 0) is 18.2 Å². The third-order valence-corrected chi connectivity index (χ3v) is 3.63. The highest BCUT2D eigenvalue weighted by Gasteiger charge is 2.19. The molecule has 0 saturated carbocycles. The average molecular weight is 311 g/mol. The van der Waals surface area contributed by atoms with E-state index >= 15 is 0 Å². The van der Waals surface area contributed by atoms with Crippen LogP contribution in [-0.4, -0.2) is 26.7 Å². The van der Waals surface area contributed by atoms with Crippen molar-refractivity contribution < 1.29 is 4.74 Å². The van der Waals surface area contributed by atoms with E-state index < -0.39 is 0 Å². The molecule has 1 N–H and O–H groups in total. The molecule has 0 radical (unpaired) electrons. The molecule has 6 nitrogen and oxygen atoms in total.